The van der Waals surface area contributed by atoms with Gasteiger partial charge in [-0.25, -0.2) is 0 Å². The molecule has 1 aliphatic carbocycles. The Morgan fingerprint density at radius 1 is 1.27 bits per heavy atom. The van der Waals surface area contributed by atoms with E-state index < -0.39 is 7.12 Å². The smallest absolute Gasteiger partial charge is 0.427 e. The quantitative estimate of drug-likeness (QED) is 0.591. The van der Waals surface area contributed by atoms with Gasteiger partial charge < -0.3 is 10.0 Å². The van der Waals surface area contributed by atoms with Crippen LogP contribution >= 0.6 is 0 Å². The minimum Gasteiger partial charge on any atom is -0.427 e. The van der Waals surface area contributed by atoms with Crippen molar-refractivity contribution in [1.29, 1.82) is 0 Å². The molecule has 0 aliphatic heterocycles. The van der Waals surface area contributed by atoms with Gasteiger partial charge in [-0.15, -0.1) is 0 Å². The fourth-order valence-electron chi connectivity index (χ4n) is 1.93. The molecule has 11 heavy (non-hydrogen) atoms. The van der Waals surface area contributed by atoms with Crippen LogP contribution in [-0.2, 0) is 0 Å². The van der Waals surface area contributed by atoms with E-state index in [0.29, 0.717) is 11.8 Å². The minimum atomic E-state index is -1.08. The first-order valence-corrected chi connectivity index (χ1v) is 4.47. The second-order valence-corrected chi connectivity index (χ2v) is 3.99. The zero-order chi connectivity index (χ0) is 8.43. The van der Waals surface area contributed by atoms with Crippen molar-refractivity contribution in [2.45, 2.75) is 38.9 Å². The molecule has 3 heteroatoms. The molecule has 1 saturated carbocycles. The van der Waals surface area contributed by atoms with Gasteiger partial charge in [-0.3, -0.25) is 0 Å². The third-order valence-electron chi connectivity index (χ3n) is 2.88. The summed E-state index contributed by atoms with van der Waals surface area (Å²) >= 11 is 0. The summed E-state index contributed by atoms with van der Waals surface area (Å²) in [5.41, 5.74) is 0. The molecule has 0 spiro atoms. The Hall–Kier alpha value is -0.0151. The summed E-state index contributed by atoms with van der Waals surface area (Å²) in [5.74, 6) is 1.54. The van der Waals surface area contributed by atoms with Gasteiger partial charge >= 0.3 is 7.12 Å². The summed E-state index contributed by atoms with van der Waals surface area (Å²) in [7, 11) is -1.08. The van der Waals surface area contributed by atoms with Crippen LogP contribution in [0.2, 0.25) is 5.82 Å². The van der Waals surface area contributed by atoms with Crippen LogP contribution < -0.4 is 0 Å². The summed E-state index contributed by atoms with van der Waals surface area (Å²) in [6.45, 7) is 4.41. The van der Waals surface area contributed by atoms with Gasteiger partial charge in [0.2, 0.25) is 0 Å². The topological polar surface area (TPSA) is 40.5 Å². The summed E-state index contributed by atoms with van der Waals surface area (Å²) in [6, 6.07) is 0. The Morgan fingerprint density at radius 2 is 1.91 bits per heavy atom. The maximum absolute atomic E-state index is 8.91. The molecule has 2 nitrogen and oxygen atoms in total. The zero-order valence-electron chi connectivity index (χ0n) is 7.33. The average Bonchev–Trinajstić information content (AvgIpc) is 2.33. The number of hydrogen-bond acceptors (Lipinski definition) is 2. The number of rotatable bonds is 2. The third-order valence-corrected chi connectivity index (χ3v) is 2.88. The zero-order valence-corrected chi connectivity index (χ0v) is 7.33. The molecular weight excluding hydrogens is 139 g/mol. The third kappa shape index (κ3) is 2.21. The number of hydrogen-bond donors (Lipinski definition) is 2. The fourth-order valence-corrected chi connectivity index (χ4v) is 1.93. The molecular formula is C8H17BO2. The molecule has 2 unspecified atom stereocenters. The van der Waals surface area contributed by atoms with Gasteiger partial charge in [0, 0.05) is 0 Å². The molecule has 2 N–H and O–H groups in total. The van der Waals surface area contributed by atoms with Crippen LogP contribution in [0.1, 0.15) is 33.1 Å². The lowest BCUT2D eigenvalue weighted by atomic mass is 9.71. The molecule has 0 radical (unpaired) electrons. The van der Waals surface area contributed by atoms with Crippen molar-refractivity contribution in [1.82, 2.24) is 0 Å². The van der Waals surface area contributed by atoms with Crippen molar-refractivity contribution in [3.05, 3.63) is 0 Å². The molecule has 1 aliphatic rings. The maximum Gasteiger partial charge on any atom is 0.454 e. The predicted molar refractivity (Wildman–Crippen MR) is 46.1 cm³/mol. The summed E-state index contributed by atoms with van der Waals surface area (Å²) in [5, 5.41) is 17.8. The first-order chi connectivity index (χ1) is 5.11. The van der Waals surface area contributed by atoms with Crippen LogP contribution in [0.3, 0.4) is 0 Å². The van der Waals surface area contributed by atoms with E-state index >= 15 is 0 Å². The molecule has 1 rings (SSSR count). The van der Waals surface area contributed by atoms with E-state index in [1.165, 1.54) is 6.42 Å². The van der Waals surface area contributed by atoms with Crippen molar-refractivity contribution in [2.24, 2.45) is 11.8 Å². The molecule has 0 bridgehead atoms. The van der Waals surface area contributed by atoms with Crippen LogP contribution in [0.25, 0.3) is 0 Å². The maximum atomic E-state index is 8.91. The van der Waals surface area contributed by atoms with Crippen LogP contribution in [0.15, 0.2) is 0 Å². The van der Waals surface area contributed by atoms with Gasteiger partial charge in [-0.1, -0.05) is 26.7 Å². The summed E-state index contributed by atoms with van der Waals surface area (Å²) < 4.78 is 0. The lowest BCUT2D eigenvalue weighted by molar-refractivity contribution is 0.366. The molecule has 64 valence electrons. The first kappa shape index (κ1) is 9.08. The van der Waals surface area contributed by atoms with E-state index in [-0.39, 0.29) is 5.82 Å². The summed E-state index contributed by atoms with van der Waals surface area (Å²) in [6.07, 6.45) is 3.15. The highest BCUT2D eigenvalue weighted by atomic mass is 16.4. The van der Waals surface area contributed by atoms with Crippen molar-refractivity contribution in [3.63, 3.8) is 0 Å². The van der Waals surface area contributed by atoms with Crippen LogP contribution in [-0.4, -0.2) is 17.2 Å². The molecule has 0 aromatic rings. The molecule has 0 heterocycles. The van der Waals surface area contributed by atoms with Crippen LogP contribution in [0.5, 0.6) is 0 Å². The first-order valence-electron chi connectivity index (χ1n) is 4.47. The molecule has 2 atom stereocenters. The highest BCUT2D eigenvalue weighted by Gasteiger charge is 2.33. The second-order valence-electron chi connectivity index (χ2n) is 3.99. The normalized spacial score (nSPS) is 31.4. The van der Waals surface area contributed by atoms with Crippen LogP contribution in [0.4, 0.5) is 0 Å². The average molecular weight is 156 g/mol. The Bertz CT molecular complexity index is 111. The highest BCUT2D eigenvalue weighted by Crippen LogP contribution is 2.39. The molecule has 0 saturated heterocycles. The minimum absolute atomic E-state index is 0.141. The van der Waals surface area contributed by atoms with E-state index in [1.54, 1.807) is 0 Å². The van der Waals surface area contributed by atoms with Gasteiger partial charge in [0.25, 0.3) is 0 Å². The van der Waals surface area contributed by atoms with Gasteiger partial charge in [0.1, 0.15) is 0 Å². The lowest BCUT2D eigenvalue weighted by Gasteiger charge is -2.13. The highest BCUT2D eigenvalue weighted by molar-refractivity contribution is 6.43. The SMILES string of the molecule is CC(C)C1CCC(B(O)O)C1. The Morgan fingerprint density at radius 3 is 2.18 bits per heavy atom. The van der Waals surface area contributed by atoms with E-state index in [0.717, 1.165) is 12.8 Å². The summed E-state index contributed by atoms with van der Waals surface area (Å²) in [4.78, 5) is 0. The van der Waals surface area contributed by atoms with Gasteiger partial charge in [0.05, 0.1) is 0 Å². The van der Waals surface area contributed by atoms with E-state index in [9.17, 15) is 0 Å². The monoisotopic (exact) mass is 156 g/mol. The largest absolute Gasteiger partial charge is 0.454 e. The van der Waals surface area contributed by atoms with Crippen molar-refractivity contribution >= 4 is 7.12 Å². The molecule has 0 aromatic carbocycles. The van der Waals surface area contributed by atoms with Gasteiger partial charge in [0.15, 0.2) is 0 Å². The van der Waals surface area contributed by atoms with Crippen molar-refractivity contribution < 1.29 is 10.0 Å². The van der Waals surface area contributed by atoms with Crippen LogP contribution in [0, 0.1) is 11.8 Å². The predicted octanol–water partition coefficient (Wildman–Crippen LogP) is 1.29. The van der Waals surface area contributed by atoms with Crippen molar-refractivity contribution in [3.8, 4) is 0 Å². The Labute approximate surface area is 68.8 Å². The van der Waals surface area contributed by atoms with E-state index in [4.69, 9.17) is 10.0 Å². The van der Waals surface area contributed by atoms with E-state index in [2.05, 4.69) is 13.8 Å². The fraction of sp³-hybridized carbons (Fsp3) is 1.00. The van der Waals surface area contributed by atoms with Gasteiger partial charge in [-0.2, -0.15) is 0 Å². The molecule has 1 fully saturated rings. The lowest BCUT2D eigenvalue weighted by Crippen LogP contribution is -2.18. The van der Waals surface area contributed by atoms with Gasteiger partial charge in [-0.05, 0) is 24.1 Å². The van der Waals surface area contributed by atoms with Crippen molar-refractivity contribution in [2.75, 3.05) is 0 Å². The Balaban J connectivity index is 2.35. The Kier molecular flexibility index (Phi) is 2.96. The molecule has 0 amide bonds. The van der Waals surface area contributed by atoms with E-state index in [1.807, 2.05) is 0 Å². The standard InChI is InChI=1S/C8H17BO2/c1-6(2)7-3-4-8(5-7)9(10)11/h6-8,10-11H,3-5H2,1-2H3. The second kappa shape index (κ2) is 3.59. The molecule has 0 aromatic heterocycles.